The summed E-state index contributed by atoms with van der Waals surface area (Å²) in [6.45, 7) is 0. The first kappa shape index (κ1) is 23.8. The van der Waals surface area contributed by atoms with Crippen LogP contribution in [0.5, 0.6) is 5.75 Å². The molecule has 0 spiro atoms. The largest absolute Gasteiger partial charge is 0.495 e. The summed E-state index contributed by atoms with van der Waals surface area (Å²) in [6.07, 6.45) is -4.71. The van der Waals surface area contributed by atoms with Crippen molar-refractivity contribution in [3.8, 4) is 22.9 Å². The fraction of sp³-hybridized carbons (Fsp3) is 0.130. The molecule has 0 fully saturated rings. The van der Waals surface area contributed by atoms with E-state index in [0.29, 0.717) is 11.1 Å². The molecular weight excluding hydrogens is 459 g/mol. The lowest BCUT2D eigenvalue weighted by Gasteiger charge is -2.16. The van der Waals surface area contributed by atoms with Crippen molar-refractivity contribution in [3.63, 3.8) is 0 Å². The van der Waals surface area contributed by atoms with Gasteiger partial charge < -0.3 is 9.84 Å². The van der Waals surface area contributed by atoms with E-state index in [9.17, 15) is 31.5 Å². The molecule has 0 saturated heterocycles. The fourth-order valence-corrected chi connectivity index (χ4v) is 4.80. The summed E-state index contributed by atoms with van der Waals surface area (Å²) in [7, 11) is -3.13. The Hall–Kier alpha value is -3.84. The molecule has 1 N–H and O–H groups in total. The number of hydrogen-bond donors (Lipinski definition) is 1. The van der Waals surface area contributed by atoms with Crippen LogP contribution in [-0.2, 0) is 21.8 Å². The van der Waals surface area contributed by atoms with Gasteiger partial charge >= 0.3 is 12.1 Å². The first-order chi connectivity index (χ1) is 15.5. The maximum atomic E-state index is 13.3. The third-order valence-corrected chi connectivity index (χ3v) is 6.53. The van der Waals surface area contributed by atoms with Gasteiger partial charge in [0.1, 0.15) is 10.6 Å². The maximum Gasteiger partial charge on any atom is 0.416 e. The Labute approximate surface area is 187 Å². The molecule has 3 aromatic carbocycles. The Morgan fingerprint density at radius 2 is 1.73 bits per heavy atom. The Morgan fingerprint density at radius 3 is 2.27 bits per heavy atom. The molecule has 33 heavy (non-hydrogen) atoms. The number of ether oxygens (including phenoxy) is 1. The average molecular weight is 475 g/mol. The number of benzene rings is 3. The van der Waals surface area contributed by atoms with Crippen LogP contribution in [0.2, 0.25) is 0 Å². The molecule has 0 amide bonds. The van der Waals surface area contributed by atoms with Gasteiger partial charge in [0.25, 0.3) is 0 Å². The van der Waals surface area contributed by atoms with Crippen LogP contribution in [0.1, 0.15) is 27.0 Å². The molecule has 0 unspecified atom stereocenters. The number of carboxylic acid groups (broad SMARTS) is 1. The van der Waals surface area contributed by atoms with E-state index in [-0.39, 0.29) is 22.4 Å². The minimum atomic E-state index is -4.71. The number of methoxy groups -OCH3 is 1. The standard InChI is InChI=1S/C23H16F3NO5S/c1-32-20-9-6-16(22(28)29)11-21(20)33(30,31)13-17-10-18(23(24,25)26)7-8-19(17)15-4-2-14(12-27)3-5-15/h2-11H,13H2,1H3,(H,28,29). The number of carbonyl (C=O) groups is 1. The van der Waals surface area contributed by atoms with Gasteiger partial charge in [-0.1, -0.05) is 18.2 Å². The maximum absolute atomic E-state index is 13.3. The lowest BCUT2D eigenvalue weighted by molar-refractivity contribution is -0.137. The third-order valence-electron chi connectivity index (χ3n) is 4.85. The molecule has 6 nitrogen and oxygen atoms in total. The molecule has 3 aromatic rings. The normalized spacial score (nSPS) is 11.6. The van der Waals surface area contributed by atoms with Crippen molar-refractivity contribution in [2.45, 2.75) is 16.8 Å². The molecule has 0 aromatic heterocycles. The fourth-order valence-electron chi connectivity index (χ4n) is 3.23. The highest BCUT2D eigenvalue weighted by atomic mass is 32.2. The molecular formula is C23H16F3NO5S. The second-order valence-electron chi connectivity index (χ2n) is 6.99. The van der Waals surface area contributed by atoms with Gasteiger partial charge in [-0.2, -0.15) is 18.4 Å². The van der Waals surface area contributed by atoms with Crippen molar-refractivity contribution in [1.82, 2.24) is 0 Å². The first-order valence-electron chi connectivity index (χ1n) is 9.31. The van der Waals surface area contributed by atoms with Gasteiger partial charge in [0.05, 0.1) is 35.6 Å². The third kappa shape index (κ3) is 5.15. The monoisotopic (exact) mass is 475 g/mol. The molecule has 10 heteroatoms. The van der Waals surface area contributed by atoms with Gasteiger partial charge in [0, 0.05) is 0 Å². The number of alkyl halides is 3. The second-order valence-corrected chi connectivity index (χ2v) is 8.95. The average Bonchev–Trinajstić information content (AvgIpc) is 2.77. The lowest BCUT2D eigenvalue weighted by atomic mass is 9.97. The molecule has 0 aliphatic carbocycles. The summed E-state index contributed by atoms with van der Waals surface area (Å²) in [5, 5.41) is 18.2. The summed E-state index contributed by atoms with van der Waals surface area (Å²) < 4.78 is 71.5. The van der Waals surface area contributed by atoms with Crippen LogP contribution in [0.25, 0.3) is 11.1 Å². The minimum absolute atomic E-state index is 0.133. The molecule has 0 atom stereocenters. The van der Waals surface area contributed by atoms with Crippen molar-refractivity contribution in [1.29, 1.82) is 5.26 Å². The van der Waals surface area contributed by atoms with Crippen LogP contribution in [0.4, 0.5) is 13.2 Å². The number of halogens is 3. The summed E-state index contributed by atoms with van der Waals surface area (Å²) in [4.78, 5) is 10.9. The van der Waals surface area contributed by atoms with E-state index in [1.807, 2.05) is 6.07 Å². The van der Waals surface area contributed by atoms with Gasteiger partial charge in [-0.25, -0.2) is 13.2 Å². The van der Waals surface area contributed by atoms with Crippen LogP contribution >= 0.6 is 0 Å². The molecule has 0 aliphatic heterocycles. The number of nitrogens with zero attached hydrogens (tertiary/aromatic N) is 1. The van der Waals surface area contributed by atoms with Gasteiger partial charge in [-0.3, -0.25) is 0 Å². The van der Waals surface area contributed by atoms with E-state index in [1.54, 1.807) is 0 Å². The van der Waals surface area contributed by atoms with E-state index in [0.717, 1.165) is 24.3 Å². The molecule has 0 saturated carbocycles. The van der Waals surface area contributed by atoms with Crippen LogP contribution in [0.3, 0.4) is 0 Å². The van der Waals surface area contributed by atoms with Crippen molar-refractivity contribution >= 4 is 15.8 Å². The van der Waals surface area contributed by atoms with Crippen molar-refractivity contribution in [2.24, 2.45) is 0 Å². The summed E-state index contributed by atoms with van der Waals surface area (Å²) in [5.41, 5.74) is -0.516. The topological polar surface area (TPSA) is 104 Å². The molecule has 3 rings (SSSR count). The first-order valence-corrected chi connectivity index (χ1v) is 11.0. The number of sulfone groups is 1. The van der Waals surface area contributed by atoms with Crippen molar-refractivity contribution < 1.29 is 36.2 Å². The summed E-state index contributed by atoms with van der Waals surface area (Å²) in [5.74, 6) is -2.34. The zero-order valence-electron chi connectivity index (χ0n) is 17.1. The van der Waals surface area contributed by atoms with Crippen LogP contribution in [-0.4, -0.2) is 26.6 Å². The summed E-state index contributed by atoms with van der Waals surface area (Å²) >= 11 is 0. The van der Waals surface area contributed by atoms with E-state index in [4.69, 9.17) is 10.00 Å². The predicted molar refractivity (Wildman–Crippen MR) is 112 cm³/mol. The Balaban J connectivity index is 2.17. The minimum Gasteiger partial charge on any atom is -0.495 e. The Kier molecular flexibility index (Phi) is 6.46. The van der Waals surface area contributed by atoms with E-state index in [2.05, 4.69) is 0 Å². The van der Waals surface area contributed by atoms with E-state index >= 15 is 0 Å². The van der Waals surface area contributed by atoms with E-state index in [1.165, 1.54) is 43.5 Å². The summed E-state index contributed by atoms with van der Waals surface area (Å²) in [6, 6.07) is 13.9. The number of carboxylic acids is 1. The predicted octanol–water partition coefficient (Wildman–Crippen LogP) is 4.92. The SMILES string of the molecule is COc1ccc(C(=O)O)cc1S(=O)(=O)Cc1cc(C(F)(F)F)ccc1-c1ccc(C#N)cc1. The van der Waals surface area contributed by atoms with Crippen molar-refractivity contribution in [2.75, 3.05) is 7.11 Å². The molecule has 0 radical (unpaired) electrons. The van der Waals surface area contributed by atoms with Crippen LogP contribution in [0, 0.1) is 11.3 Å². The number of nitriles is 1. The zero-order valence-corrected chi connectivity index (χ0v) is 17.9. The molecule has 0 bridgehead atoms. The second kappa shape index (κ2) is 8.96. The van der Waals surface area contributed by atoms with E-state index < -0.39 is 38.2 Å². The van der Waals surface area contributed by atoms with Gasteiger partial charge in [-0.15, -0.1) is 0 Å². The van der Waals surface area contributed by atoms with Gasteiger partial charge in [0.2, 0.25) is 0 Å². The van der Waals surface area contributed by atoms with Crippen LogP contribution in [0.15, 0.2) is 65.6 Å². The molecule has 170 valence electrons. The van der Waals surface area contributed by atoms with Gasteiger partial charge in [-0.05, 0) is 59.2 Å². The highest BCUT2D eigenvalue weighted by Crippen LogP contribution is 2.36. The number of hydrogen-bond acceptors (Lipinski definition) is 5. The number of rotatable bonds is 6. The van der Waals surface area contributed by atoms with Crippen molar-refractivity contribution in [3.05, 3.63) is 82.9 Å². The smallest absolute Gasteiger partial charge is 0.416 e. The molecule has 0 aliphatic rings. The lowest BCUT2D eigenvalue weighted by Crippen LogP contribution is -2.11. The van der Waals surface area contributed by atoms with Crippen LogP contribution < -0.4 is 4.74 Å². The Morgan fingerprint density at radius 1 is 1.06 bits per heavy atom. The highest BCUT2D eigenvalue weighted by molar-refractivity contribution is 7.90. The zero-order chi connectivity index (χ0) is 24.4. The number of aromatic carboxylic acids is 1. The Bertz CT molecular complexity index is 1360. The quantitative estimate of drug-likeness (QED) is 0.542. The van der Waals surface area contributed by atoms with Gasteiger partial charge in [0.15, 0.2) is 9.84 Å². The highest BCUT2D eigenvalue weighted by Gasteiger charge is 2.32. The molecule has 0 heterocycles.